The summed E-state index contributed by atoms with van der Waals surface area (Å²) in [6.07, 6.45) is 0. The van der Waals surface area contributed by atoms with Crippen LogP contribution in [0.3, 0.4) is 0 Å². The van der Waals surface area contributed by atoms with Crippen molar-refractivity contribution in [2.24, 2.45) is 0 Å². The second-order valence-electron chi connectivity index (χ2n) is 5.96. The molecule has 0 aliphatic carbocycles. The van der Waals surface area contributed by atoms with Crippen molar-refractivity contribution in [3.63, 3.8) is 0 Å². The lowest BCUT2D eigenvalue weighted by atomic mass is 9.92. The van der Waals surface area contributed by atoms with Gasteiger partial charge >= 0.3 is 6.03 Å². The van der Waals surface area contributed by atoms with Crippen LogP contribution in [0.4, 0.5) is 19.3 Å². The van der Waals surface area contributed by atoms with Gasteiger partial charge < -0.3 is 10.6 Å². The molecule has 0 saturated carbocycles. The molecular weight excluding hydrogens is 344 g/mol. The zero-order valence-corrected chi connectivity index (χ0v) is 13.8. The van der Waals surface area contributed by atoms with Gasteiger partial charge in [-0.05, 0) is 24.6 Å². The van der Waals surface area contributed by atoms with Crippen molar-refractivity contribution in [3.8, 4) is 0 Å². The van der Waals surface area contributed by atoms with Gasteiger partial charge in [0, 0.05) is 0 Å². The van der Waals surface area contributed by atoms with E-state index in [2.05, 4.69) is 10.6 Å². The number of nitrogens with zero attached hydrogens (tertiary/aromatic N) is 1. The largest absolute Gasteiger partial charge is 0.325 e. The quantitative estimate of drug-likeness (QED) is 0.823. The fraction of sp³-hybridized carbons (Fsp3) is 0.167. The molecule has 1 aliphatic heterocycles. The van der Waals surface area contributed by atoms with E-state index in [-0.39, 0.29) is 5.69 Å². The van der Waals surface area contributed by atoms with Gasteiger partial charge in [-0.25, -0.2) is 13.6 Å². The first-order valence-electron chi connectivity index (χ1n) is 7.76. The highest BCUT2D eigenvalue weighted by Crippen LogP contribution is 2.28. The van der Waals surface area contributed by atoms with Crippen LogP contribution in [0.25, 0.3) is 0 Å². The van der Waals surface area contributed by atoms with E-state index < -0.39 is 41.6 Å². The third-order valence-corrected chi connectivity index (χ3v) is 4.15. The van der Waals surface area contributed by atoms with Crippen LogP contribution in [0, 0.1) is 11.6 Å². The molecule has 2 aromatic carbocycles. The van der Waals surface area contributed by atoms with Gasteiger partial charge in [0.15, 0.2) is 11.6 Å². The molecule has 6 nitrogen and oxygen atoms in total. The Balaban J connectivity index is 1.76. The van der Waals surface area contributed by atoms with E-state index in [1.807, 2.05) is 0 Å². The topological polar surface area (TPSA) is 78.5 Å². The zero-order valence-electron chi connectivity index (χ0n) is 13.8. The van der Waals surface area contributed by atoms with Gasteiger partial charge in [-0.3, -0.25) is 14.5 Å². The first kappa shape index (κ1) is 17.5. The monoisotopic (exact) mass is 359 g/mol. The van der Waals surface area contributed by atoms with Gasteiger partial charge in [0.25, 0.3) is 5.91 Å². The molecular formula is C18H15F2N3O3. The Morgan fingerprint density at radius 2 is 1.81 bits per heavy atom. The molecule has 4 amide bonds. The highest BCUT2D eigenvalue weighted by Gasteiger charge is 2.49. The maximum absolute atomic E-state index is 13.6. The first-order valence-corrected chi connectivity index (χ1v) is 7.76. The van der Waals surface area contributed by atoms with E-state index in [0.717, 1.165) is 11.0 Å². The molecule has 3 rings (SSSR count). The first-order chi connectivity index (χ1) is 12.3. The Labute approximate surface area is 147 Å². The molecule has 0 radical (unpaired) electrons. The van der Waals surface area contributed by atoms with Crippen molar-refractivity contribution in [2.45, 2.75) is 12.5 Å². The average molecular weight is 359 g/mol. The smallest absolute Gasteiger partial charge is 0.322 e. The predicted molar refractivity (Wildman–Crippen MR) is 89.0 cm³/mol. The number of rotatable bonds is 4. The third-order valence-electron chi connectivity index (χ3n) is 4.15. The fourth-order valence-corrected chi connectivity index (χ4v) is 2.74. The molecule has 1 unspecified atom stereocenters. The highest BCUT2D eigenvalue weighted by atomic mass is 19.2. The maximum atomic E-state index is 13.6. The normalized spacial score (nSPS) is 19.4. The van der Waals surface area contributed by atoms with Crippen LogP contribution in [0.5, 0.6) is 0 Å². The Morgan fingerprint density at radius 1 is 1.12 bits per heavy atom. The van der Waals surface area contributed by atoms with E-state index in [0.29, 0.717) is 5.56 Å². The lowest BCUT2D eigenvalue weighted by Crippen LogP contribution is -2.42. The van der Waals surface area contributed by atoms with E-state index in [9.17, 15) is 23.2 Å². The minimum Gasteiger partial charge on any atom is -0.322 e. The second-order valence-corrected chi connectivity index (χ2v) is 5.96. The summed E-state index contributed by atoms with van der Waals surface area (Å²) < 4.78 is 26.8. The molecule has 1 aliphatic rings. The van der Waals surface area contributed by atoms with Crippen LogP contribution in [0.2, 0.25) is 0 Å². The summed E-state index contributed by atoms with van der Waals surface area (Å²) >= 11 is 0. The summed E-state index contributed by atoms with van der Waals surface area (Å²) in [5, 5.41) is 4.72. The summed E-state index contributed by atoms with van der Waals surface area (Å²) in [4.78, 5) is 37.7. The summed E-state index contributed by atoms with van der Waals surface area (Å²) in [6, 6.07) is 11.2. The number of urea groups is 1. The lowest BCUT2D eigenvalue weighted by molar-refractivity contribution is -0.133. The van der Waals surface area contributed by atoms with Crippen LogP contribution < -0.4 is 10.6 Å². The summed E-state index contributed by atoms with van der Waals surface area (Å²) in [6.45, 7) is 0.912. The van der Waals surface area contributed by atoms with Crippen LogP contribution in [-0.4, -0.2) is 29.3 Å². The summed E-state index contributed by atoms with van der Waals surface area (Å²) in [7, 11) is 0. The Hall–Kier alpha value is -3.29. The summed E-state index contributed by atoms with van der Waals surface area (Å²) in [5.41, 5.74) is -1.10. The number of carbonyl (C=O) groups excluding carboxylic acids is 3. The van der Waals surface area contributed by atoms with Crippen molar-refractivity contribution in [2.75, 3.05) is 11.9 Å². The van der Waals surface area contributed by atoms with Crippen molar-refractivity contribution in [3.05, 3.63) is 65.7 Å². The molecule has 1 saturated heterocycles. The standard InChI is InChI=1S/C18H15F2N3O3/c1-18(11-6-3-2-4-7-11)16(25)23(17(26)22-18)10-14(24)21-13-9-5-8-12(19)15(13)20/h2-9H,10H2,1H3,(H,21,24)(H,22,26). The molecule has 134 valence electrons. The van der Waals surface area contributed by atoms with Crippen molar-refractivity contribution < 1.29 is 23.2 Å². The average Bonchev–Trinajstić information content (AvgIpc) is 2.84. The number of nitrogens with one attached hydrogen (secondary N) is 2. The number of anilines is 1. The number of amides is 4. The zero-order chi connectivity index (χ0) is 18.9. The van der Waals surface area contributed by atoms with Crippen LogP contribution in [0.15, 0.2) is 48.5 Å². The highest BCUT2D eigenvalue weighted by molar-refractivity contribution is 6.10. The van der Waals surface area contributed by atoms with E-state index in [4.69, 9.17) is 0 Å². The number of benzene rings is 2. The molecule has 1 heterocycles. The SMILES string of the molecule is CC1(c2ccccc2)NC(=O)N(CC(=O)Nc2cccc(F)c2F)C1=O. The van der Waals surface area contributed by atoms with Crippen molar-refractivity contribution in [1.82, 2.24) is 10.2 Å². The predicted octanol–water partition coefficient (Wildman–Crippen LogP) is 2.37. The van der Waals surface area contributed by atoms with Crippen molar-refractivity contribution in [1.29, 1.82) is 0 Å². The molecule has 0 bridgehead atoms. The van der Waals surface area contributed by atoms with Gasteiger partial charge in [0.1, 0.15) is 12.1 Å². The molecule has 0 spiro atoms. The number of imide groups is 1. The molecule has 0 aromatic heterocycles. The van der Waals surface area contributed by atoms with E-state index in [1.165, 1.54) is 19.1 Å². The van der Waals surface area contributed by atoms with E-state index in [1.54, 1.807) is 30.3 Å². The van der Waals surface area contributed by atoms with Gasteiger partial charge in [-0.2, -0.15) is 0 Å². The van der Waals surface area contributed by atoms with Crippen LogP contribution >= 0.6 is 0 Å². The minimum absolute atomic E-state index is 0.368. The van der Waals surface area contributed by atoms with Crippen molar-refractivity contribution >= 4 is 23.5 Å². The number of halogens is 2. The number of hydrogen-bond acceptors (Lipinski definition) is 3. The molecule has 8 heteroatoms. The molecule has 1 fully saturated rings. The molecule has 2 N–H and O–H groups in total. The number of carbonyl (C=O) groups is 3. The second kappa shape index (κ2) is 6.55. The van der Waals surface area contributed by atoms with Gasteiger partial charge in [-0.1, -0.05) is 36.4 Å². The Kier molecular flexibility index (Phi) is 4.41. The van der Waals surface area contributed by atoms with Crippen LogP contribution in [-0.2, 0) is 15.1 Å². The molecule has 26 heavy (non-hydrogen) atoms. The third kappa shape index (κ3) is 3.01. The fourth-order valence-electron chi connectivity index (χ4n) is 2.74. The van der Waals surface area contributed by atoms with Gasteiger partial charge in [0.2, 0.25) is 5.91 Å². The van der Waals surface area contributed by atoms with E-state index >= 15 is 0 Å². The minimum atomic E-state index is -1.30. The Bertz CT molecular complexity index is 889. The van der Waals surface area contributed by atoms with Gasteiger partial charge in [-0.15, -0.1) is 0 Å². The molecule has 2 aromatic rings. The van der Waals surface area contributed by atoms with Crippen LogP contribution in [0.1, 0.15) is 12.5 Å². The lowest BCUT2D eigenvalue weighted by Gasteiger charge is -2.22. The maximum Gasteiger partial charge on any atom is 0.325 e. The van der Waals surface area contributed by atoms with Gasteiger partial charge in [0.05, 0.1) is 5.69 Å². The number of hydrogen-bond donors (Lipinski definition) is 2. The Morgan fingerprint density at radius 3 is 2.50 bits per heavy atom. The summed E-state index contributed by atoms with van der Waals surface area (Å²) in [5.74, 6) is -3.76. The molecule has 1 atom stereocenters.